The van der Waals surface area contributed by atoms with Crippen molar-refractivity contribution >= 4 is 64.3 Å². The van der Waals surface area contributed by atoms with Gasteiger partial charge < -0.3 is 53.1 Å². The molecular formula is C33H41NO18S. The van der Waals surface area contributed by atoms with Crippen molar-refractivity contribution in [3.63, 3.8) is 0 Å². The van der Waals surface area contributed by atoms with E-state index in [1.165, 1.54) is 12.1 Å². The minimum atomic E-state index is -1.84. The zero-order valence-corrected chi connectivity index (χ0v) is 30.6. The Bertz CT molecular complexity index is 1550. The minimum Gasteiger partial charge on any atom is -0.463 e. The van der Waals surface area contributed by atoms with Crippen LogP contribution < -0.4 is 5.73 Å². The maximum Gasteiger partial charge on any atom is 0.303 e. The second-order valence-corrected chi connectivity index (χ2v) is 12.7. The normalized spacial score (nSPS) is 28.0. The van der Waals surface area contributed by atoms with E-state index in [0.717, 1.165) is 48.5 Å². The van der Waals surface area contributed by atoms with Crippen molar-refractivity contribution in [2.45, 2.75) is 109 Å². The fourth-order valence-electron chi connectivity index (χ4n) is 5.42. The molecule has 0 bridgehead atoms. The molecule has 0 amide bonds. The molecule has 2 fully saturated rings. The Labute approximate surface area is 307 Å². The first-order chi connectivity index (χ1) is 24.9. The zero-order valence-electron chi connectivity index (χ0n) is 29.8. The van der Waals surface area contributed by atoms with E-state index < -0.39 is 121 Å². The van der Waals surface area contributed by atoms with Crippen LogP contribution in [0.5, 0.6) is 0 Å². The summed E-state index contributed by atoms with van der Waals surface area (Å²) in [6, 6.07) is 6.11. The Kier molecular flexibility index (Phi) is 15.5. The van der Waals surface area contributed by atoms with Crippen LogP contribution in [0.2, 0.25) is 0 Å². The molecule has 292 valence electrons. The van der Waals surface area contributed by atoms with E-state index in [0.29, 0.717) is 11.8 Å². The van der Waals surface area contributed by atoms with Crippen molar-refractivity contribution in [1.82, 2.24) is 0 Å². The van der Waals surface area contributed by atoms with E-state index in [2.05, 4.69) is 0 Å². The number of nitrogens with two attached hydrogens (primary N) is 1. The molecule has 3 rings (SSSR count). The summed E-state index contributed by atoms with van der Waals surface area (Å²) in [4.78, 5) is 99.2. The number of nitrogen functional groups attached to an aromatic ring is 1. The third-order valence-electron chi connectivity index (χ3n) is 7.29. The van der Waals surface area contributed by atoms with E-state index >= 15 is 0 Å². The third-order valence-corrected chi connectivity index (χ3v) is 8.34. The van der Waals surface area contributed by atoms with Crippen LogP contribution in [-0.4, -0.2) is 121 Å². The molecule has 0 aromatic heterocycles. The molecule has 1 aromatic carbocycles. The summed E-state index contributed by atoms with van der Waals surface area (Å²) in [6.45, 7) is 6.14. The second kappa shape index (κ2) is 19.3. The van der Waals surface area contributed by atoms with Gasteiger partial charge in [-0.3, -0.25) is 38.4 Å². The maximum atomic E-state index is 13.4. The van der Waals surface area contributed by atoms with Gasteiger partial charge in [-0.25, -0.2) is 0 Å². The molecule has 6 unspecified atom stereocenters. The Morgan fingerprint density at radius 3 is 1.49 bits per heavy atom. The van der Waals surface area contributed by atoms with Crippen LogP contribution in [0.4, 0.5) is 5.69 Å². The van der Waals surface area contributed by atoms with Crippen molar-refractivity contribution in [2.24, 2.45) is 0 Å². The molecule has 10 atom stereocenters. The fraction of sp³-hybridized carbons (Fsp3) is 0.576. The van der Waals surface area contributed by atoms with Crippen LogP contribution in [-0.2, 0) is 80.9 Å². The Balaban J connectivity index is 2.17. The highest BCUT2D eigenvalue weighted by Crippen LogP contribution is 2.39. The van der Waals surface area contributed by atoms with E-state index in [1.807, 2.05) is 0 Å². The Hall–Kier alpha value is -4.79. The first kappa shape index (κ1) is 42.6. The lowest BCUT2D eigenvalue weighted by molar-refractivity contribution is -0.341. The molecule has 0 radical (unpaired) electrons. The summed E-state index contributed by atoms with van der Waals surface area (Å²) in [6.07, 6.45) is -14.5. The predicted molar refractivity (Wildman–Crippen MR) is 176 cm³/mol. The Morgan fingerprint density at radius 2 is 1.00 bits per heavy atom. The van der Waals surface area contributed by atoms with E-state index in [1.54, 1.807) is 12.1 Å². The minimum absolute atomic E-state index is 0.0825. The van der Waals surface area contributed by atoms with Crippen LogP contribution in [0.3, 0.4) is 0 Å². The number of esters is 7. The lowest BCUT2D eigenvalue weighted by Crippen LogP contribution is -2.66. The number of anilines is 1. The van der Waals surface area contributed by atoms with Crippen molar-refractivity contribution in [2.75, 3.05) is 18.9 Å². The number of rotatable bonds is 13. The second-order valence-electron chi connectivity index (χ2n) is 11.7. The summed E-state index contributed by atoms with van der Waals surface area (Å²) < 4.78 is 56.4. The largest absolute Gasteiger partial charge is 0.463 e. The molecule has 0 spiro atoms. The monoisotopic (exact) mass is 771 g/mol. The van der Waals surface area contributed by atoms with Gasteiger partial charge >= 0.3 is 41.8 Å². The SMILES string of the molecule is CC(=O)OCC1O[C@@H](SC(=O)c2ccccc2N)C(OC(C)=O)C(OC(C)=O)[C@@H]1O[C@@H]1OC(COC(C)=O)[C@H](OC(C)=O)C(OC(C)=O)C1OC(C)=O. The molecular weight excluding hydrogens is 730 g/mol. The van der Waals surface area contributed by atoms with Gasteiger partial charge in [0.2, 0.25) is 5.12 Å². The number of carbonyl (C=O) groups is 8. The molecule has 2 saturated heterocycles. The smallest absolute Gasteiger partial charge is 0.303 e. The lowest BCUT2D eigenvalue weighted by Gasteiger charge is -2.48. The van der Waals surface area contributed by atoms with Crippen molar-refractivity contribution in [3.05, 3.63) is 29.8 Å². The van der Waals surface area contributed by atoms with E-state index in [-0.39, 0.29) is 11.3 Å². The third kappa shape index (κ3) is 12.4. The number of benzene rings is 1. The van der Waals surface area contributed by atoms with Crippen LogP contribution in [0.1, 0.15) is 58.8 Å². The molecule has 0 saturated carbocycles. The van der Waals surface area contributed by atoms with E-state index in [4.69, 9.17) is 53.1 Å². The average Bonchev–Trinajstić information content (AvgIpc) is 3.03. The molecule has 0 aliphatic carbocycles. The van der Waals surface area contributed by atoms with Crippen molar-refractivity contribution < 1.29 is 85.7 Å². The van der Waals surface area contributed by atoms with Gasteiger partial charge in [-0.15, -0.1) is 0 Å². The Morgan fingerprint density at radius 1 is 0.566 bits per heavy atom. The number of carbonyl (C=O) groups excluding carboxylic acids is 8. The molecule has 20 heteroatoms. The number of para-hydroxylation sites is 1. The summed E-state index contributed by atoms with van der Waals surface area (Å²) in [5.41, 5.74) is 4.77. The molecule has 2 aliphatic heterocycles. The number of hydrogen-bond donors (Lipinski definition) is 1. The lowest BCUT2D eigenvalue weighted by atomic mass is 9.96. The predicted octanol–water partition coefficient (Wildman–Crippen LogP) is 0.762. The topological polar surface area (TPSA) is 255 Å². The summed E-state index contributed by atoms with van der Waals surface area (Å²) in [5.74, 6) is -6.08. The highest BCUT2D eigenvalue weighted by atomic mass is 32.2. The van der Waals surface area contributed by atoms with Crippen molar-refractivity contribution in [3.8, 4) is 0 Å². The standard InChI is InChI=1S/C33H41NO18S/c1-14(35)43-12-23-25(45-16(3)37)27(46-17(4)38)29(48-19(6)40)32(50-23)52-26-24(13-44-15(2)36)51-33(30(49-20(7)41)28(26)47-18(5)39)53-31(42)21-10-8-9-11-22(21)34/h8-11,23-30,32-33H,12-13,34H2,1-7H3/t23?,24?,25-,26+,27?,28?,29?,30?,32-,33-/m0/s1. The fourth-order valence-corrected chi connectivity index (χ4v) is 6.49. The van der Waals surface area contributed by atoms with Gasteiger partial charge in [0.15, 0.2) is 42.2 Å². The molecule has 53 heavy (non-hydrogen) atoms. The zero-order chi connectivity index (χ0) is 39.6. The van der Waals surface area contributed by atoms with Crippen LogP contribution in [0.15, 0.2) is 24.3 Å². The number of hydrogen-bond acceptors (Lipinski definition) is 20. The van der Waals surface area contributed by atoms with Gasteiger partial charge in [-0.2, -0.15) is 0 Å². The van der Waals surface area contributed by atoms with Gasteiger partial charge in [0.1, 0.15) is 31.5 Å². The quantitative estimate of drug-likeness (QED) is 0.165. The van der Waals surface area contributed by atoms with Crippen LogP contribution in [0.25, 0.3) is 0 Å². The summed E-state index contributed by atoms with van der Waals surface area (Å²) in [7, 11) is 0. The maximum absolute atomic E-state index is 13.4. The van der Waals surface area contributed by atoms with Gasteiger partial charge in [-0.1, -0.05) is 12.1 Å². The molecule has 19 nitrogen and oxygen atoms in total. The van der Waals surface area contributed by atoms with Crippen LogP contribution >= 0.6 is 11.8 Å². The van der Waals surface area contributed by atoms with E-state index in [9.17, 15) is 38.4 Å². The molecule has 1 aromatic rings. The van der Waals surface area contributed by atoms with Crippen molar-refractivity contribution in [1.29, 1.82) is 0 Å². The summed E-state index contributed by atoms with van der Waals surface area (Å²) in [5, 5.41) is -0.628. The highest BCUT2D eigenvalue weighted by molar-refractivity contribution is 8.14. The molecule has 2 N–H and O–H groups in total. The number of ether oxygens (including phenoxy) is 10. The van der Waals surface area contributed by atoms with Gasteiger partial charge in [-0.05, 0) is 23.9 Å². The van der Waals surface area contributed by atoms with Crippen LogP contribution in [0, 0.1) is 0 Å². The highest BCUT2D eigenvalue weighted by Gasteiger charge is 2.57. The summed E-state index contributed by atoms with van der Waals surface area (Å²) >= 11 is 0.526. The number of thioether (sulfide) groups is 1. The molecule has 2 aliphatic rings. The first-order valence-corrected chi connectivity index (χ1v) is 16.9. The first-order valence-electron chi connectivity index (χ1n) is 16.0. The van der Waals surface area contributed by atoms with Gasteiger partial charge in [0.25, 0.3) is 0 Å². The average molecular weight is 772 g/mol. The van der Waals surface area contributed by atoms with Gasteiger partial charge in [0, 0.05) is 54.2 Å². The van der Waals surface area contributed by atoms with Gasteiger partial charge in [0.05, 0.1) is 5.56 Å². The molecule has 2 heterocycles.